The Labute approximate surface area is 137 Å². The van der Waals surface area contributed by atoms with Gasteiger partial charge in [0, 0.05) is 0 Å². The Hall–Kier alpha value is -2.05. The summed E-state index contributed by atoms with van der Waals surface area (Å²) >= 11 is 7.26. The second kappa shape index (κ2) is 7.82. The van der Waals surface area contributed by atoms with Gasteiger partial charge in [-0.25, -0.2) is 5.43 Å². The number of hydrazone groups is 1. The molecule has 1 amide bonds. The number of nitrogens with one attached hydrogen (secondary N) is 1. The number of halogens is 1. The van der Waals surface area contributed by atoms with Gasteiger partial charge in [-0.15, -0.1) is 11.3 Å². The predicted molar refractivity (Wildman–Crippen MR) is 88.2 cm³/mol. The van der Waals surface area contributed by atoms with Crippen molar-refractivity contribution in [3.63, 3.8) is 0 Å². The second-order valence-corrected chi connectivity index (χ2v) is 6.02. The third-order valence-electron chi connectivity index (χ3n) is 2.71. The van der Waals surface area contributed by atoms with Crippen LogP contribution in [0, 0.1) is 0 Å². The molecule has 1 N–H and O–H groups in total. The lowest BCUT2D eigenvalue weighted by Gasteiger charge is -2.06. The normalized spacial score (nSPS) is 11.1. The van der Waals surface area contributed by atoms with Crippen LogP contribution in [0.4, 0.5) is 0 Å². The first kappa shape index (κ1) is 16.3. The van der Waals surface area contributed by atoms with E-state index in [1.54, 1.807) is 44.4 Å². The van der Waals surface area contributed by atoms with Gasteiger partial charge >= 0.3 is 0 Å². The fourth-order valence-electron chi connectivity index (χ4n) is 1.56. The summed E-state index contributed by atoms with van der Waals surface area (Å²) in [5.41, 5.74) is 3.14. The van der Waals surface area contributed by atoms with Crippen LogP contribution in [0.25, 0.3) is 0 Å². The van der Waals surface area contributed by atoms with Crippen LogP contribution in [0.3, 0.4) is 0 Å². The van der Waals surface area contributed by atoms with Crippen molar-refractivity contribution in [2.24, 2.45) is 5.10 Å². The predicted octanol–water partition coefficient (Wildman–Crippen LogP) is 3.33. The van der Waals surface area contributed by atoms with Crippen molar-refractivity contribution < 1.29 is 14.3 Å². The molecule has 5 nitrogen and oxygen atoms in total. The molecule has 0 saturated heterocycles. The van der Waals surface area contributed by atoms with Crippen LogP contribution in [-0.4, -0.2) is 25.3 Å². The van der Waals surface area contributed by atoms with Crippen molar-refractivity contribution >= 4 is 34.6 Å². The van der Waals surface area contributed by atoms with Gasteiger partial charge in [0.25, 0.3) is 5.91 Å². The number of ether oxygens (including phenoxy) is 2. The Morgan fingerprint density at radius 1 is 1.23 bits per heavy atom. The van der Waals surface area contributed by atoms with Gasteiger partial charge < -0.3 is 9.47 Å². The van der Waals surface area contributed by atoms with Crippen molar-refractivity contribution in [1.29, 1.82) is 0 Å². The number of methoxy groups -OCH3 is 1. The van der Waals surface area contributed by atoms with Crippen molar-refractivity contribution in [3.8, 4) is 11.5 Å². The van der Waals surface area contributed by atoms with Crippen molar-refractivity contribution in [3.05, 3.63) is 45.6 Å². The highest BCUT2D eigenvalue weighted by molar-refractivity contribution is 7.18. The minimum atomic E-state index is -0.335. The Balaban J connectivity index is 1.82. The Morgan fingerprint density at radius 2 is 1.91 bits per heavy atom. The first-order valence-corrected chi connectivity index (χ1v) is 7.63. The highest BCUT2D eigenvalue weighted by Gasteiger charge is 2.05. The van der Waals surface area contributed by atoms with E-state index in [0.29, 0.717) is 15.8 Å². The van der Waals surface area contributed by atoms with E-state index in [0.717, 1.165) is 10.6 Å². The molecule has 2 aromatic rings. The van der Waals surface area contributed by atoms with Gasteiger partial charge in [0.05, 0.1) is 22.0 Å². The smallest absolute Gasteiger partial charge is 0.277 e. The summed E-state index contributed by atoms with van der Waals surface area (Å²) in [6.07, 6.45) is 0. The number of hydrogen-bond acceptors (Lipinski definition) is 5. The lowest BCUT2D eigenvalue weighted by atomic mass is 10.3. The SMILES string of the molecule is COc1ccc(OCC(=O)N/N=C(\C)c2ccc(Cl)s2)cc1. The molecule has 0 spiro atoms. The van der Waals surface area contributed by atoms with Crippen LogP contribution in [0.5, 0.6) is 11.5 Å². The number of benzene rings is 1. The van der Waals surface area contributed by atoms with Crippen LogP contribution in [0.1, 0.15) is 11.8 Å². The van der Waals surface area contributed by atoms with Gasteiger partial charge in [-0.1, -0.05) is 11.6 Å². The Morgan fingerprint density at radius 3 is 2.50 bits per heavy atom. The third kappa shape index (κ3) is 4.75. The van der Waals surface area contributed by atoms with Gasteiger partial charge in [-0.05, 0) is 43.3 Å². The summed E-state index contributed by atoms with van der Waals surface area (Å²) in [4.78, 5) is 12.6. The zero-order valence-corrected chi connectivity index (χ0v) is 13.7. The first-order chi connectivity index (χ1) is 10.6. The van der Waals surface area contributed by atoms with Gasteiger partial charge in [-0.2, -0.15) is 5.10 Å². The maximum atomic E-state index is 11.7. The molecule has 0 radical (unpaired) electrons. The van der Waals surface area contributed by atoms with Crippen LogP contribution >= 0.6 is 22.9 Å². The van der Waals surface area contributed by atoms with Crippen molar-refractivity contribution in [2.75, 3.05) is 13.7 Å². The fourth-order valence-corrected chi connectivity index (χ4v) is 2.55. The molecule has 1 aromatic carbocycles. The second-order valence-electron chi connectivity index (χ2n) is 4.30. The van der Waals surface area contributed by atoms with Crippen LogP contribution in [0.2, 0.25) is 4.34 Å². The van der Waals surface area contributed by atoms with Gasteiger partial charge in [0.1, 0.15) is 11.5 Å². The van der Waals surface area contributed by atoms with E-state index >= 15 is 0 Å². The molecular weight excluding hydrogens is 324 g/mol. The number of rotatable bonds is 6. The largest absolute Gasteiger partial charge is 0.497 e. The van der Waals surface area contributed by atoms with Crippen LogP contribution < -0.4 is 14.9 Å². The molecule has 0 aliphatic heterocycles. The summed E-state index contributed by atoms with van der Waals surface area (Å²) in [6, 6.07) is 10.6. The van der Waals surface area contributed by atoms with E-state index < -0.39 is 0 Å². The van der Waals surface area contributed by atoms with E-state index in [2.05, 4.69) is 10.5 Å². The molecule has 1 aromatic heterocycles. The minimum absolute atomic E-state index is 0.117. The standard InChI is InChI=1S/C15H15ClN2O3S/c1-10(13-7-8-14(16)22-13)17-18-15(19)9-21-12-5-3-11(20-2)4-6-12/h3-8H,9H2,1-2H3,(H,18,19)/b17-10+. The number of carbonyl (C=O) groups excluding carboxylic acids is 1. The maximum absolute atomic E-state index is 11.7. The lowest BCUT2D eigenvalue weighted by Crippen LogP contribution is -2.25. The van der Waals surface area contributed by atoms with E-state index in [1.165, 1.54) is 11.3 Å². The van der Waals surface area contributed by atoms with E-state index in [4.69, 9.17) is 21.1 Å². The molecule has 7 heteroatoms. The Bertz CT molecular complexity index is 668. The van der Waals surface area contributed by atoms with E-state index in [9.17, 15) is 4.79 Å². The highest BCUT2D eigenvalue weighted by Crippen LogP contribution is 2.21. The topological polar surface area (TPSA) is 59.9 Å². The van der Waals surface area contributed by atoms with Gasteiger partial charge in [0.2, 0.25) is 0 Å². The third-order valence-corrected chi connectivity index (χ3v) is 4.05. The fraction of sp³-hybridized carbons (Fsp3) is 0.200. The summed E-state index contributed by atoms with van der Waals surface area (Å²) < 4.78 is 11.1. The van der Waals surface area contributed by atoms with Gasteiger partial charge in [0.15, 0.2) is 6.61 Å². The van der Waals surface area contributed by atoms with Gasteiger partial charge in [-0.3, -0.25) is 4.79 Å². The number of nitrogens with zero attached hydrogens (tertiary/aromatic N) is 1. The molecule has 0 aliphatic carbocycles. The monoisotopic (exact) mass is 338 g/mol. The molecule has 22 heavy (non-hydrogen) atoms. The van der Waals surface area contributed by atoms with E-state index in [-0.39, 0.29) is 12.5 Å². The summed E-state index contributed by atoms with van der Waals surface area (Å²) in [6.45, 7) is 1.68. The number of amides is 1. The van der Waals surface area contributed by atoms with Crippen molar-refractivity contribution in [2.45, 2.75) is 6.92 Å². The quantitative estimate of drug-likeness (QED) is 0.649. The average Bonchev–Trinajstić information content (AvgIpc) is 2.97. The number of thiophene rings is 1. The molecule has 0 atom stereocenters. The molecule has 0 bridgehead atoms. The lowest BCUT2D eigenvalue weighted by molar-refractivity contribution is -0.123. The number of hydrogen-bond donors (Lipinski definition) is 1. The molecule has 0 aliphatic rings. The maximum Gasteiger partial charge on any atom is 0.277 e. The zero-order chi connectivity index (χ0) is 15.9. The summed E-state index contributed by atoms with van der Waals surface area (Å²) in [5, 5.41) is 4.02. The van der Waals surface area contributed by atoms with Crippen LogP contribution in [-0.2, 0) is 4.79 Å². The zero-order valence-electron chi connectivity index (χ0n) is 12.1. The van der Waals surface area contributed by atoms with E-state index in [1.807, 2.05) is 6.07 Å². The minimum Gasteiger partial charge on any atom is -0.497 e. The summed E-state index contributed by atoms with van der Waals surface area (Å²) in [7, 11) is 1.59. The summed E-state index contributed by atoms with van der Waals surface area (Å²) in [5.74, 6) is 0.978. The molecule has 0 fully saturated rings. The molecule has 0 saturated carbocycles. The van der Waals surface area contributed by atoms with Crippen LogP contribution in [0.15, 0.2) is 41.5 Å². The molecule has 2 rings (SSSR count). The first-order valence-electron chi connectivity index (χ1n) is 6.44. The molecular formula is C15H15ClN2O3S. The molecule has 1 heterocycles. The molecule has 116 valence electrons. The average molecular weight is 339 g/mol. The molecule has 0 unspecified atom stereocenters. The highest BCUT2D eigenvalue weighted by atomic mass is 35.5. The van der Waals surface area contributed by atoms with Crippen molar-refractivity contribution in [1.82, 2.24) is 5.43 Å². The Kier molecular flexibility index (Phi) is 5.80. The number of carbonyl (C=O) groups is 1.